The highest BCUT2D eigenvalue weighted by Gasteiger charge is 2.16. The van der Waals surface area contributed by atoms with Gasteiger partial charge in [0.15, 0.2) is 6.61 Å². The standard InChI is InChI=1S/C17H14Cl3NO3/c1-10(11-4-2-5-12(18)8-11)21-15(22)9-24-17(23)13-6-3-7-14(19)16(13)20/h2-8,10H,9H2,1H3,(H,21,22)/t10-/m1/s1. The minimum Gasteiger partial charge on any atom is -0.452 e. The second kappa shape index (κ2) is 8.38. The molecule has 0 aliphatic heterocycles. The topological polar surface area (TPSA) is 55.4 Å². The number of carbonyl (C=O) groups excluding carboxylic acids is 2. The van der Waals surface area contributed by atoms with Gasteiger partial charge in [-0.1, -0.05) is 53.0 Å². The minimum absolute atomic E-state index is 0.0943. The molecule has 1 amide bonds. The summed E-state index contributed by atoms with van der Waals surface area (Å²) in [6, 6.07) is 11.5. The predicted octanol–water partition coefficient (Wildman–Crippen LogP) is 4.68. The number of nitrogens with one attached hydrogen (secondary N) is 1. The van der Waals surface area contributed by atoms with Crippen molar-refractivity contribution in [2.45, 2.75) is 13.0 Å². The van der Waals surface area contributed by atoms with Crippen LogP contribution in [0, 0.1) is 0 Å². The maximum absolute atomic E-state index is 12.0. The van der Waals surface area contributed by atoms with Crippen LogP contribution in [0.25, 0.3) is 0 Å². The first-order valence-electron chi connectivity index (χ1n) is 7.04. The first-order chi connectivity index (χ1) is 11.4. The fraction of sp³-hybridized carbons (Fsp3) is 0.176. The molecule has 0 bridgehead atoms. The van der Waals surface area contributed by atoms with E-state index in [2.05, 4.69) is 5.32 Å². The van der Waals surface area contributed by atoms with Gasteiger partial charge in [0, 0.05) is 5.02 Å². The van der Waals surface area contributed by atoms with Crippen LogP contribution in [-0.4, -0.2) is 18.5 Å². The van der Waals surface area contributed by atoms with Crippen molar-refractivity contribution in [3.63, 3.8) is 0 Å². The smallest absolute Gasteiger partial charge is 0.340 e. The number of benzene rings is 2. The molecule has 0 saturated heterocycles. The van der Waals surface area contributed by atoms with Gasteiger partial charge in [0.1, 0.15) is 0 Å². The number of rotatable bonds is 5. The van der Waals surface area contributed by atoms with Gasteiger partial charge in [-0.05, 0) is 36.8 Å². The van der Waals surface area contributed by atoms with Gasteiger partial charge in [0.25, 0.3) is 5.91 Å². The molecule has 2 aromatic carbocycles. The first-order valence-corrected chi connectivity index (χ1v) is 8.18. The first kappa shape index (κ1) is 18.6. The number of esters is 1. The van der Waals surface area contributed by atoms with Crippen molar-refractivity contribution in [3.05, 3.63) is 68.7 Å². The second-order valence-corrected chi connectivity index (χ2v) is 6.24. The molecule has 2 rings (SSSR count). The third-order valence-electron chi connectivity index (χ3n) is 3.23. The Labute approximate surface area is 154 Å². The third-order valence-corrected chi connectivity index (χ3v) is 4.29. The van der Waals surface area contributed by atoms with Crippen LogP contribution in [0.3, 0.4) is 0 Å². The molecule has 126 valence electrons. The predicted molar refractivity (Wildman–Crippen MR) is 94.8 cm³/mol. The van der Waals surface area contributed by atoms with Crippen LogP contribution >= 0.6 is 34.8 Å². The Bertz CT molecular complexity index is 764. The number of hydrogen-bond donors (Lipinski definition) is 1. The molecule has 0 fully saturated rings. The van der Waals surface area contributed by atoms with Crippen LogP contribution in [0.15, 0.2) is 42.5 Å². The third kappa shape index (κ3) is 4.87. The zero-order chi connectivity index (χ0) is 17.7. The fourth-order valence-electron chi connectivity index (χ4n) is 2.01. The summed E-state index contributed by atoms with van der Waals surface area (Å²) in [7, 11) is 0. The van der Waals surface area contributed by atoms with Crippen molar-refractivity contribution < 1.29 is 14.3 Å². The summed E-state index contributed by atoms with van der Waals surface area (Å²) >= 11 is 17.7. The van der Waals surface area contributed by atoms with E-state index in [-0.39, 0.29) is 21.7 Å². The van der Waals surface area contributed by atoms with Crippen molar-refractivity contribution in [1.29, 1.82) is 0 Å². The number of halogens is 3. The van der Waals surface area contributed by atoms with E-state index < -0.39 is 18.5 Å². The monoisotopic (exact) mass is 385 g/mol. The number of ether oxygens (including phenoxy) is 1. The lowest BCUT2D eigenvalue weighted by Crippen LogP contribution is -2.31. The zero-order valence-corrected chi connectivity index (χ0v) is 15.0. The Morgan fingerprint density at radius 3 is 2.54 bits per heavy atom. The number of carbonyl (C=O) groups is 2. The van der Waals surface area contributed by atoms with Crippen LogP contribution in [0.4, 0.5) is 0 Å². The van der Waals surface area contributed by atoms with Gasteiger partial charge < -0.3 is 10.1 Å². The average molecular weight is 387 g/mol. The summed E-state index contributed by atoms with van der Waals surface area (Å²) in [6.45, 7) is 1.38. The van der Waals surface area contributed by atoms with Crippen molar-refractivity contribution in [2.75, 3.05) is 6.61 Å². The summed E-state index contributed by atoms with van der Waals surface area (Å²) in [5, 5.41) is 3.64. The van der Waals surface area contributed by atoms with E-state index in [4.69, 9.17) is 39.5 Å². The molecule has 1 N–H and O–H groups in total. The normalized spacial score (nSPS) is 11.7. The molecule has 1 atom stereocenters. The largest absolute Gasteiger partial charge is 0.452 e. The van der Waals surface area contributed by atoms with E-state index in [9.17, 15) is 9.59 Å². The Morgan fingerprint density at radius 2 is 1.83 bits per heavy atom. The van der Waals surface area contributed by atoms with Crippen LogP contribution in [0.1, 0.15) is 28.9 Å². The van der Waals surface area contributed by atoms with Gasteiger partial charge in [-0.3, -0.25) is 4.79 Å². The van der Waals surface area contributed by atoms with Crippen molar-refractivity contribution in [2.24, 2.45) is 0 Å². The maximum atomic E-state index is 12.0. The zero-order valence-electron chi connectivity index (χ0n) is 12.7. The van der Waals surface area contributed by atoms with Crippen LogP contribution in [0.2, 0.25) is 15.1 Å². The van der Waals surface area contributed by atoms with Crippen molar-refractivity contribution in [3.8, 4) is 0 Å². The summed E-state index contributed by atoms with van der Waals surface area (Å²) in [5.74, 6) is -1.15. The highest BCUT2D eigenvalue weighted by Crippen LogP contribution is 2.26. The van der Waals surface area contributed by atoms with Gasteiger partial charge in [-0.2, -0.15) is 0 Å². The lowest BCUT2D eigenvalue weighted by molar-refractivity contribution is -0.124. The molecule has 24 heavy (non-hydrogen) atoms. The molecule has 0 unspecified atom stereocenters. The molecule has 4 nitrogen and oxygen atoms in total. The van der Waals surface area contributed by atoms with Crippen LogP contribution in [-0.2, 0) is 9.53 Å². The lowest BCUT2D eigenvalue weighted by Gasteiger charge is -2.15. The molecule has 0 radical (unpaired) electrons. The maximum Gasteiger partial charge on any atom is 0.340 e. The van der Waals surface area contributed by atoms with Crippen molar-refractivity contribution >= 4 is 46.7 Å². The molecule has 2 aromatic rings. The Morgan fingerprint density at radius 1 is 1.12 bits per heavy atom. The van der Waals surface area contributed by atoms with E-state index in [0.29, 0.717) is 5.02 Å². The van der Waals surface area contributed by atoms with Gasteiger partial charge >= 0.3 is 5.97 Å². The summed E-state index contributed by atoms with van der Waals surface area (Å²) in [5.41, 5.74) is 0.958. The number of amides is 1. The Balaban J connectivity index is 1.91. The van der Waals surface area contributed by atoms with Gasteiger partial charge in [0.05, 0.1) is 21.7 Å². The van der Waals surface area contributed by atoms with E-state index in [0.717, 1.165) is 5.56 Å². The SMILES string of the molecule is C[C@@H](NC(=O)COC(=O)c1cccc(Cl)c1Cl)c1cccc(Cl)c1. The molecular formula is C17H14Cl3NO3. The van der Waals surface area contributed by atoms with E-state index in [1.807, 2.05) is 6.07 Å². The molecule has 0 aliphatic carbocycles. The van der Waals surface area contributed by atoms with E-state index in [1.165, 1.54) is 6.07 Å². The molecule has 0 aromatic heterocycles. The highest BCUT2D eigenvalue weighted by molar-refractivity contribution is 6.43. The van der Waals surface area contributed by atoms with Crippen LogP contribution in [0.5, 0.6) is 0 Å². The molecule has 0 spiro atoms. The molecule has 7 heteroatoms. The lowest BCUT2D eigenvalue weighted by atomic mass is 10.1. The van der Waals surface area contributed by atoms with Gasteiger partial charge in [-0.25, -0.2) is 4.79 Å². The van der Waals surface area contributed by atoms with Crippen molar-refractivity contribution in [1.82, 2.24) is 5.32 Å². The quantitative estimate of drug-likeness (QED) is 0.759. The summed E-state index contributed by atoms with van der Waals surface area (Å²) in [4.78, 5) is 23.9. The van der Waals surface area contributed by atoms with E-state index in [1.54, 1.807) is 37.3 Å². The van der Waals surface area contributed by atoms with E-state index >= 15 is 0 Å². The molecular weight excluding hydrogens is 373 g/mol. The van der Waals surface area contributed by atoms with Crippen LogP contribution < -0.4 is 5.32 Å². The molecule has 0 heterocycles. The Kier molecular flexibility index (Phi) is 6.49. The fourth-order valence-corrected chi connectivity index (χ4v) is 2.59. The highest BCUT2D eigenvalue weighted by atomic mass is 35.5. The minimum atomic E-state index is -0.715. The average Bonchev–Trinajstić information content (AvgIpc) is 2.55. The summed E-state index contributed by atoms with van der Waals surface area (Å²) < 4.78 is 4.97. The summed E-state index contributed by atoms with van der Waals surface area (Å²) in [6.07, 6.45) is 0. The Hall–Kier alpha value is -1.75. The van der Waals surface area contributed by atoms with Gasteiger partial charge in [-0.15, -0.1) is 0 Å². The second-order valence-electron chi connectivity index (χ2n) is 5.02. The van der Waals surface area contributed by atoms with Gasteiger partial charge in [0.2, 0.25) is 0 Å². The molecule has 0 aliphatic rings. The number of hydrogen-bond acceptors (Lipinski definition) is 3. The molecule has 0 saturated carbocycles.